The van der Waals surface area contributed by atoms with E-state index in [1.807, 2.05) is 0 Å². The Morgan fingerprint density at radius 1 is 1.12 bits per heavy atom. The van der Waals surface area contributed by atoms with Crippen LogP contribution in [0.3, 0.4) is 0 Å². The first kappa shape index (κ1) is 15.1. The quantitative estimate of drug-likeness (QED) is 0.902. The smallest absolute Gasteiger partial charge is 0.264 e. The van der Waals surface area contributed by atoms with E-state index in [2.05, 4.69) is 4.72 Å². The second kappa shape index (κ2) is 5.55. The topological polar surface area (TPSA) is 94.8 Å². The van der Waals surface area contributed by atoms with Crippen molar-refractivity contribution >= 4 is 15.9 Å². The maximum Gasteiger partial charge on any atom is 0.264 e. The normalized spacial score (nSPS) is 22.0. The van der Waals surface area contributed by atoms with Gasteiger partial charge >= 0.3 is 0 Å². The van der Waals surface area contributed by atoms with Crippen LogP contribution >= 0.6 is 0 Å². The van der Waals surface area contributed by atoms with Gasteiger partial charge in [-0.15, -0.1) is 0 Å². The van der Waals surface area contributed by atoms with Crippen molar-refractivity contribution < 1.29 is 27.1 Å². The predicted octanol–water partition coefficient (Wildman–Crippen LogP) is 1.66. The molecule has 0 bridgehead atoms. The van der Waals surface area contributed by atoms with Crippen LogP contribution in [-0.4, -0.2) is 27.5 Å². The Morgan fingerprint density at radius 2 is 1.92 bits per heavy atom. The molecule has 2 aromatic rings. The Hall–Kier alpha value is -2.48. The van der Waals surface area contributed by atoms with Crippen LogP contribution in [0.4, 0.5) is 0 Å². The lowest BCUT2D eigenvalue weighted by Gasteiger charge is -2.18. The standard InChI is InChI=1S/C16H15NO6S/c18-16(12-9-11(12)13-2-1-5-21-13)17-24(19,20)10-3-4-14-15(8-10)23-7-6-22-14/h1-5,8,11-12H,6-7,9H2,(H,17,18)/t11-,12-/m1/s1. The van der Waals surface area contributed by atoms with E-state index in [-0.39, 0.29) is 16.7 Å². The average Bonchev–Trinajstić information content (AvgIpc) is 3.20. The molecule has 126 valence electrons. The van der Waals surface area contributed by atoms with Crippen molar-refractivity contribution in [1.82, 2.24) is 4.72 Å². The molecule has 7 nitrogen and oxygen atoms in total. The number of benzene rings is 1. The third-order valence-corrected chi connectivity index (χ3v) is 5.44. The number of hydrogen-bond donors (Lipinski definition) is 1. The fourth-order valence-electron chi connectivity index (χ4n) is 2.76. The van der Waals surface area contributed by atoms with Crippen molar-refractivity contribution in [3.63, 3.8) is 0 Å². The first-order valence-electron chi connectivity index (χ1n) is 7.54. The fraction of sp³-hybridized carbons (Fsp3) is 0.312. The van der Waals surface area contributed by atoms with Crippen LogP contribution in [0, 0.1) is 5.92 Å². The molecule has 0 radical (unpaired) electrons. The minimum Gasteiger partial charge on any atom is -0.486 e. The molecule has 1 aromatic carbocycles. The fourth-order valence-corrected chi connectivity index (χ4v) is 3.80. The molecule has 24 heavy (non-hydrogen) atoms. The van der Waals surface area contributed by atoms with Gasteiger partial charge in [-0.05, 0) is 30.7 Å². The summed E-state index contributed by atoms with van der Waals surface area (Å²) in [5.74, 6) is 0.583. The van der Waals surface area contributed by atoms with Crippen molar-refractivity contribution in [2.75, 3.05) is 13.2 Å². The molecule has 1 aromatic heterocycles. The van der Waals surface area contributed by atoms with Crippen LogP contribution in [0.1, 0.15) is 18.1 Å². The van der Waals surface area contributed by atoms with E-state index in [4.69, 9.17) is 13.9 Å². The zero-order valence-corrected chi connectivity index (χ0v) is 13.4. The first-order chi connectivity index (χ1) is 11.5. The first-order valence-corrected chi connectivity index (χ1v) is 9.02. The van der Waals surface area contributed by atoms with E-state index < -0.39 is 15.9 Å². The summed E-state index contributed by atoms with van der Waals surface area (Å²) >= 11 is 0. The number of nitrogens with one attached hydrogen (secondary N) is 1. The summed E-state index contributed by atoms with van der Waals surface area (Å²) < 4.78 is 42.9. The van der Waals surface area contributed by atoms with Gasteiger partial charge in [-0.25, -0.2) is 13.1 Å². The summed E-state index contributed by atoms with van der Waals surface area (Å²) in [5.41, 5.74) is 0. The summed E-state index contributed by atoms with van der Waals surface area (Å²) in [6.45, 7) is 0.779. The van der Waals surface area contributed by atoms with Gasteiger partial charge in [-0.1, -0.05) is 0 Å². The highest BCUT2D eigenvalue weighted by Gasteiger charge is 2.47. The van der Waals surface area contributed by atoms with Gasteiger partial charge in [-0.2, -0.15) is 0 Å². The SMILES string of the molecule is O=C(NS(=O)(=O)c1ccc2c(c1)OCCO2)[C@@H]1C[C@H]1c1ccco1. The van der Waals surface area contributed by atoms with Crippen molar-refractivity contribution in [3.8, 4) is 11.5 Å². The highest BCUT2D eigenvalue weighted by Crippen LogP contribution is 2.47. The van der Waals surface area contributed by atoms with E-state index in [1.165, 1.54) is 24.5 Å². The molecule has 2 aliphatic rings. The minimum atomic E-state index is -3.96. The lowest BCUT2D eigenvalue weighted by molar-refractivity contribution is -0.120. The van der Waals surface area contributed by atoms with Crippen LogP contribution in [-0.2, 0) is 14.8 Å². The zero-order valence-electron chi connectivity index (χ0n) is 12.6. The lowest BCUT2D eigenvalue weighted by atomic mass is 10.2. The molecule has 1 aliphatic heterocycles. The summed E-state index contributed by atoms with van der Waals surface area (Å²) in [6, 6.07) is 7.80. The van der Waals surface area contributed by atoms with Crippen molar-refractivity contribution in [3.05, 3.63) is 42.4 Å². The number of carbonyl (C=O) groups excluding carboxylic acids is 1. The van der Waals surface area contributed by atoms with E-state index in [0.717, 1.165) is 0 Å². The number of hydrogen-bond acceptors (Lipinski definition) is 6. The Balaban J connectivity index is 1.48. The van der Waals surface area contributed by atoms with Crippen LogP contribution in [0.5, 0.6) is 11.5 Å². The number of carbonyl (C=O) groups is 1. The number of amides is 1. The largest absolute Gasteiger partial charge is 0.486 e. The number of fused-ring (bicyclic) bond motifs is 1. The summed E-state index contributed by atoms with van der Waals surface area (Å²) in [7, 11) is -3.96. The van der Waals surface area contributed by atoms with Gasteiger partial charge in [0.2, 0.25) is 5.91 Å². The minimum absolute atomic E-state index is 0.0321. The highest BCUT2D eigenvalue weighted by molar-refractivity contribution is 7.90. The predicted molar refractivity (Wildman–Crippen MR) is 82.3 cm³/mol. The van der Waals surface area contributed by atoms with Crippen LogP contribution in [0.2, 0.25) is 0 Å². The van der Waals surface area contributed by atoms with Gasteiger partial charge in [-0.3, -0.25) is 4.79 Å². The number of ether oxygens (including phenoxy) is 2. The van der Waals surface area contributed by atoms with Crippen molar-refractivity contribution in [1.29, 1.82) is 0 Å². The highest BCUT2D eigenvalue weighted by atomic mass is 32.2. The molecule has 1 amide bonds. The molecule has 8 heteroatoms. The molecule has 0 spiro atoms. The number of sulfonamides is 1. The van der Waals surface area contributed by atoms with Crippen LogP contribution < -0.4 is 14.2 Å². The van der Waals surface area contributed by atoms with Gasteiger partial charge in [0.05, 0.1) is 11.2 Å². The molecule has 2 atom stereocenters. The molecule has 1 aliphatic carbocycles. The monoisotopic (exact) mass is 349 g/mol. The van der Waals surface area contributed by atoms with Gasteiger partial charge in [0.15, 0.2) is 11.5 Å². The third kappa shape index (κ3) is 2.73. The van der Waals surface area contributed by atoms with E-state index in [9.17, 15) is 13.2 Å². The Morgan fingerprint density at radius 3 is 2.67 bits per heavy atom. The molecule has 0 saturated heterocycles. The molecular formula is C16H15NO6S. The van der Waals surface area contributed by atoms with Gasteiger partial charge < -0.3 is 13.9 Å². The molecular weight excluding hydrogens is 334 g/mol. The molecule has 0 unspecified atom stereocenters. The van der Waals surface area contributed by atoms with E-state index in [0.29, 0.717) is 36.9 Å². The van der Waals surface area contributed by atoms with E-state index in [1.54, 1.807) is 12.1 Å². The second-order valence-electron chi connectivity index (χ2n) is 5.74. The number of furan rings is 1. The zero-order chi connectivity index (χ0) is 16.7. The molecule has 1 N–H and O–H groups in total. The molecule has 1 fully saturated rings. The third-order valence-electron chi connectivity index (χ3n) is 4.09. The molecule has 1 saturated carbocycles. The summed E-state index contributed by atoms with van der Waals surface area (Å²) in [5, 5.41) is 0. The summed E-state index contributed by atoms with van der Waals surface area (Å²) in [4.78, 5) is 12.2. The Kier molecular flexibility index (Phi) is 3.49. The lowest BCUT2D eigenvalue weighted by Crippen LogP contribution is -2.32. The molecule has 2 heterocycles. The van der Waals surface area contributed by atoms with Crippen LogP contribution in [0.25, 0.3) is 0 Å². The maximum absolute atomic E-state index is 12.4. The average molecular weight is 349 g/mol. The molecule has 4 rings (SSSR count). The summed E-state index contributed by atoms with van der Waals surface area (Å²) in [6.07, 6.45) is 2.12. The van der Waals surface area contributed by atoms with Gasteiger partial charge in [0.1, 0.15) is 19.0 Å². The van der Waals surface area contributed by atoms with Crippen molar-refractivity contribution in [2.45, 2.75) is 17.2 Å². The Labute approximate surface area is 138 Å². The van der Waals surface area contributed by atoms with Crippen molar-refractivity contribution in [2.24, 2.45) is 5.92 Å². The van der Waals surface area contributed by atoms with Gasteiger partial charge in [0, 0.05) is 17.9 Å². The Bertz CT molecular complexity index is 874. The van der Waals surface area contributed by atoms with Crippen LogP contribution in [0.15, 0.2) is 45.9 Å². The van der Waals surface area contributed by atoms with Gasteiger partial charge in [0.25, 0.3) is 10.0 Å². The maximum atomic E-state index is 12.4. The number of rotatable bonds is 4. The van der Waals surface area contributed by atoms with E-state index >= 15 is 0 Å². The second-order valence-corrected chi connectivity index (χ2v) is 7.42.